The van der Waals surface area contributed by atoms with Gasteiger partial charge >= 0.3 is 12.6 Å². The average molecular weight is 366 g/mol. The van der Waals surface area contributed by atoms with Crippen molar-refractivity contribution in [3.63, 3.8) is 0 Å². The normalized spacial score (nSPS) is 11.5. The number of nitrogens with zero attached hydrogens (tertiary/aromatic N) is 1. The van der Waals surface area contributed by atoms with Crippen molar-refractivity contribution in [3.8, 4) is 11.8 Å². The fraction of sp³-hybridized carbons (Fsp3) is 0.188. The summed E-state index contributed by atoms with van der Waals surface area (Å²) >= 11 is 1.15. The molecule has 0 bridgehead atoms. The molecule has 1 aromatic heterocycles. The van der Waals surface area contributed by atoms with E-state index in [1.165, 1.54) is 37.3 Å². The molecule has 0 aliphatic carbocycles. The Morgan fingerprint density at radius 1 is 1.28 bits per heavy atom. The first-order valence-electron chi connectivity index (χ1n) is 6.95. The number of carbonyl (C=O) groups excluding carboxylic acids is 2. The third-order valence-electron chi connectivity index (χ3n) is 3.00. The van der Waals surface area contributed by atoms with Gasteiger partial charge in [-0.2, -0.15) is 14.0 Å². The number of rotatable bonds is 6. The Morgan fingerprint density at radius 2 is 2.00 bits per heavy atom. The van der Waals surface area contributed by atoms with Gasteiger partial charge in [-0.25, -0.2) is 4.79 Å². The molecule has 130 valence electrons. The summed E-state index contributed by atoms with van der Waals surface area (Å²) < 4.78 is 34.0. The van der Waals surface area contributed by atoms with Crippen LogP contribution in [0.2, 0.25) is 0 Å². The molecule has 0 fully saturated rings. The van der Waals surface area contributed by atoms with Crippen LogP contribution in [0.15, 0.2) is 35.7 Å². The van der Waals surface area contributed by atoms with Crippen molar-refractivity contribution in [1.82, 2.24) is 0 Å². The second-order valence-electron chi connectivity index (χ2n) is 4.69. The van der Waals surface area contributed by atoms with Crippen molar-refractivity contribution in [2.75, 3.05) is 5.32 Å². The summed E-state index contributed by atoms with van der Waals surface area (Å²) in [4.78, 5) is 24.2. The number of para-hydroxylation sites is 1. The minimum Gasteiger partial charge on any atom is -0.449 e. The molecule has 0 aliphatic rings. The summed E-state index contributed by atoms with van der Waals surface area (Å²) in [5, 5.41) is 13.3. The van der Waals surface area contributed by atoms with Crippen LogP contribution in [-0.2, 0) is 9.53 Å². The van der Waals surface area contributed by atoms with Gasteiger partial charge in [0.1, 0.15) is 22.4 Å². The van der Waals surface area contributed by atoms with Crippen LogP contribution in [0.3, 0.4) is 0 Å². The number of hydrogen-bond donors (Lipinski definition) is 1. The number of hydrogen-bond acceptors (Lipinski definition) is 6. The summed E-state index contributed by atoms with van der Waals surface area (Å²) in [6.45, 7) is -1.78. The highest BCUT2D eigenvalue weighted by molar-refractivity contribution is 7.14. The van der Waals surface area contributed by atoms with E-state index in [0.717, 1.165) is 11.3 Å². The molecular weight excluding hydrogens is 354 g/mol. The van der Waals surface area contributed by atoms with Crippen molar-refractivity contribution in [1.29, 1.82) is 5.26 Å². The van der Waals surface area contributed by atoms with Crippen molar-refractivity contribution >= 4 is 28.2 Å². The molecule has 0 spiro atoms. The molecule has 25 heavy (non-hydrogen) atoms. The van der Waals surface area contributed by atoms with Crippen LogP contribution in [0.25, 0.3) is 0 Å². The average Bonchev–Trinajstić information content (AvgIpc) is 3.01. The highest BCUT2D eigenvalue weighted by Crippen LogP contribution is 2.24. The zero-order valence-electron chi connectivity index (χ0n) is 12.9. The number of thiophene rings is 1. The Labute approximate surface area is 145 Å². The Morgan fingerprint density at radius 3 is 2.68 bits per heavy atom. The van der Waals surface area contributed by atoms with E-state index in [-0.39, 0.29) is 16.9 Å². The van der Waals surface area contributed by atoms with Gasteiger partial charge in [-0.05, 0) is 30.5 Å². The van der Waals surface area contributed by atoms with Gasteiger partial charge in [0.25, 0.3) is 5.91 Å². The van der Waals surface area contributed by atoms with Crippen LogP contribution in [0.1, 0.15) is 22.8 Å². The fourth-order valence-corrected chi connectivity index (χ4v) is 2.56. The molecular formula is C16H12F2N2O4S. The predicted molar refractivity (Wildman–Crippen MR) is 85.6 cm³/mol. The maximum Gasteiger partial charge on any atom is 0.387 e. The maximum atomic E-state index is 12.4. The van der Waals surface area contributed by atoms with Crippen LogP contribution < -0.4 is 10.1 Å². The van der Waals surface area contributed by atoms with E-state index in [1.807, 2.05) is 6.07 Å². The number of anilines is 1. The number of amides is 1. The maximum absolute atomic E-state index is 12.4. The van der Waals surface area contributed by atoms with Crippen molar-refractivity contribution in [3.05, 3.63) is 46.8 Å². The molecule has 1 atom stereocenters. The second-order valence-corrected chi connectivity index (χ2v) is 5.60. The molecule has 0 radical (unpaired) electrons. The summed E-state index contributed by atoms with van der Waals surface area (Å²) in [6.07, 6.45) is -1.21. The van der Waals surface area contributed by atoms with Gasteiger partial charge in [-0.3, -0.25) is 4.79 Å². The summed E-state index contributed by atoms with van der Waals surface area (Å²) in [5.41, 5.74) is 0.0591. The quantitative estimate of drug-likeness (QED) is 0.792. The number of esters is 1. The Hall–Kier alpha value is -2.99. The lowest BCUT2D eigenvalue weighted by molar-refractivity contribution is -0.123. The van der Waals surface area contributed by atoms with Gasteiger partial charge < -0.3 is 14.8 Å². The SMILES string of the molecule is C[C@H](OC(=O)c1ccccc1OC(F)F)C(=O)Nc1sccc1C#N. The van der Waals surface area contributed by atoms with Crippen LogP contribution in [0.4, 0.5) is 13.8 Å². The molecule has 6 nitrogen and oxygen atoms in total. The van der Waals surface area contributed by atoms with E-state index in [0.29, 0.717) is 5.00 Å². The number of alkyl halides is 2. The number of ether oxygens (including phenoxy) is 2. The third-order valence-corrected chi connectivity index (χ3v) is 3.83. The monoisotopic (exact) mass is 366 g/mol. The summed E-state index contributed by atoms with van der Waals surface area (Å²) in [5.74, 6) is -1.98. The van der Waals surface area contributed by atoms with Crippen LogP contribution in [0.5, 0.6) is 5.75 Å². The van der Waals surface area contributed by atoms with Crippen LogP contribution in [0, 0.1) is 11.3 Å². The van der Waals surface area contributed by atoms with Gasteiger partial charge in [0, 0.05) is 0 Å². The zero-order chi connectivity index (χ0) is 18.4. The summed E-state index contributed by atoms with van der Waals surface area (Å²) in [6, 6.07) is 8.76. The first-order valence-corrected chi connectivity index (χ1v) is 7.83. The lowest BCUT2D eigenvalue weighted by Gasteiger charge is -2.14. The van der Waals surface area contributed by atoms with E-state index < -0.39 is 24.6 Å². The van der Waals surface area contributed by atoms with Gasteiger partial charge in [0.2, 0.25) is 0 Å². The summed E-state index contributed by atoms with van der Waals surface area (Å²) in [7, 11) is 0. The van der Waals surface area contributed by atoms with Gasteiger partial charge in [-0.15, -0.1) is 11.3 Å². The van der Waals surface area contributed by atoms with Gasteiger partial charge in [0.05, 0.1) is 5.56 Å². The molecule has 1 amide bonds. The topological polar surface area (TPSA) is 88.4 Å². The van der Waals surface area contributed by atoms with Crippen LogP contribution in [-0.4, -0.2) is 24.6 Å². The van der Waals surface area contributed by atoms with E-state index in [2.05, 4.69) is 10.1 Å². The lowest BCUT2D eigenvalue weighted by Crippen LogP contribution is -2.30. The van der Waals surface area contributed by atoms with Crippen LogP contribution >= 0.6 is 11.3 Å². The molecule has 0 saturated carbocycles. The number of benzene rings is 1. The fourth-order valence-electron chi connectivity index (χ4n) is 1.82. The second kappa shape index (κ2) is 8.21. The molecule has 0 aliphatic heterocycles. The predicted octanol–water partition coefficient (Wildman–Crippen LogP) is 3.41. The van der Waals surface area contributed by atoms with Crippen molar-refractivity contribution in [2.24, 2.45) is 0 Å². The largest absolute Gasteiger partial charge is 0.449 e. The van der Waals surface area contributed by atoms with Crippen molar-refractivity contribution in [2.45, 2.75) is 19.6 Å². The van der Waals surface area contributed by atoms with E-state index in [9.17, 15) is 18.4 Å². The number of halogens is 2. The molecule has 1 aromatic carbocycles. The molecule has 0 saturated heterocycles. The smallest absolute Gasteiger partial charge is 0.387 e. The standard InChI is InChI=1S/C16H12F2N2O4S/c1-9(13(21)20-14-10(8-19)6-7-25-14)23-15(22)11-4-2-3-5-12(11)24-16(17)18/h2-7,9,16H,1H3,(H,20,21)/t9-/m0/s1. The van der Waals surface area contributed by atoms with Gasteiger partial charge in [0.15, 0.2) is 6.10 Å². The minimum atomic E-state index is -3.10. The molecule has 1 heterocycles. The van der Waals surface area contributed by atoms with E-state index >= 15 is 0 Å². The molecule has 1 N–H and O–H groups in total. The molecule has 2 aromatic rings. The van der Waals surface area contributed by atoms with Gasteiger partial charge in [-0.1, -0.05) is 12.1 Å². The highest BCUT2D eigenvalue weighted by atomic mass is 32.1. The highest BCUT2D eigenvalue weighted by Gasteiger charge is 2.23. The molecule has 9 heteroatoms. The van der Waals surface area contributed by atoms with E-state index in [1.54, 1.807) is 5.38 Å². The first-order chi connectivity index (χ1) is 11.9. The zero-order valence-corrected chi connectivity index (χ0v) is 13.7. The first kappa shape index (κ1) is 18.4. The number of nitrogens with one attached hydrogen (secondary N) is 1. The minimum absolute atomic E-state index is 0.226. The van der Waals surface area contributed by atoms with E-state index in [4.69, 9.17) is 10.00 Å². The number of nitriles is 1. The Balaban J connectivity index is 2.05. The Bertz CT molecular complexity index is 816. The third kappa shape index (κ3) is 4.74. The number of carbonyl (C=O) groups is 2. The lowest BCUT2D eigenvalue weighted by atomic mass is 10.2. The molecule has 0 unspecified atom stereocenters. The molecule has 2 rings (SSSR count). The Kier molecular flexibility index (Phi) is 6.03. The van der Waals surface area contributed by atoms with Crippen molar-refractivity contribution < 1.29 is 27.8 Å².